The lowest BCUT2D eigenvalue weighted by Gasteiger charge is -2.10. The molecule has 0 unspecified atom stereocenters. The third-order valence-electron chi connectivity index (χ3n) is 3.23. The molecule has 1 N–H and O–H groups in total. The molecule has 0 aliphatic carbocycles. The predicted molar refractivity (Wildman–Crippen MR) is 80.2 cm³/mol. The van der Waals surface area contributed by atoms with Gasteiger partial charge in [0.15, 0.2) is 0 Å². The van der Waals surface area contributed by atoms with Gasteiger partial charge >= 0.3 is 6.18 Å². The maximum Gasteiger partial charge on any atom is 0.416 e. The van der Waals surface area contributed by atoms with Crippen LogP contribution in [-0.2, 0) is 17.5 Å². The van der Waals surface area contributed by atoms with E-state index >= 15 is 0 Å². The van der Waals surface area contributed by atoms with E-state index in [4.69, 9.17) is 0 Å². The molecule has 1 amide bonds. The van der Waals surface area contributed by atoms with Crippen LogP contribution in [0.1, 0.15) is 24.0 Å². The minimum Gasteiger partial charge on any atom is -0.339 e. The zero-order chi connectivity index (χ0) is 16.6. The lowest BCUT2D eigenvalue weighted by Crippen LogP contribution is -2.25. The SMILES string of the molecule is C=CC(=O)N1CCCC1.CNCc1cccc(C(F)(F)F)c1. The van der Waals surface area contributed by atoms with Crippen molar-refractivity contribution in [1.29, 1.82) is 0 Å². The fourth-order valence-electron chi connectivity index (χ4n) is 2.13. The number of halogens is 3. The molecule has 1 aromatic rings. The van der Waals surface area contributed by atoms with E-state index in [0.717, 1.165) is 38.1 Å². The van der Waals surface area contributed by atoms with Gasteiger partial charge in [-0.3, -0.25) is 4.79 Å². The largest absolute Gasteiger partial charge is 0.416 e. The first-order valence-corrected chi connectivity index (χ1v) is 7.10. The second-order valence-electron chi connectivity index (χ2n) is 4.96. The molecule has 122 valence electrons. The molecule has 0 spiro atoms. The number of amides is 1. The molecule has 6 heteroatoms. The second-order valence-corrected chi connectivity index (χ2v) is 4.96. The zero-order valence-electron chi connectivity index (χ0n) is 12.6. The number of hydrogen-bond donors (Lipinski definition) is 1. The molecular weight excluding hydrogens is 293 g/mol. The van der Waals surface area contributed by atoms with Crippen molar-refractivity contribution < 1.29 is 18.0 Å². The highest BCUT2D eigenvalue weighted by Gasteiger charge is 2.30. The number of carbonyl (C=O) groups excluding carboxylic acids is 1. The maximum absolute atomic E-state index is 12.2. The van der Waals surface area contributed by atoms with Crippen LogP contribution in [0.2, 0.25) is 0 Å². The van der Waals surface area contributed by atoms with E-state index in [0.29, 0.717) is 12.1 Å². The summed E-state index contributed by atoms with van der Waals surface area (Å²) in [4.78, 5) is 12.6. The smallest absolute Gasteiger partial charge is 0.339 e. The number of benzene rings is 1. The van der Waals surface area contributed by atoms with Crippen LogP contribution < -0.4 is 5.32 Å². The molecule has 0 atom stereocenters. The zero-order valence-corrected chi connectivity index (χ0v) is 12.6. The highest BCUT2D eigenvalue weighted by atomic mass is 19.4. The Balaban J connectivity index is 0.000000235. The number of nitrogens with one attached hydrogen (secondary N) is 1. The molecule has 1 fully saturated rings. The van der Waals surface area contributed by atoms with Crippen LogP contribution >= 0.6 is 0 Å². The average Bonchev–Trinajstić information content (AvgIpc) is 3.01. The van der Waals surface area contributed by atoms with Crippen molar-refractivity contribution in [3.8, 4) is 0 Å². The number of nitrogens with zero attached hydrogens (tertiary/aromatic N) is 1. The molecule has 2 rings (SSSR count). The van der Waals surface area contributed by atoms with Crippen molar-refractivity contribution in [2.75, 3.05) is 20.1 Å². The summed E-state index contributed by atoms with van der Waals surface area (Å²) >= 11 is 0. The predicted octanol–water partition coefficient (Wildman–Crippen LogP) is 3.22. The number of alkyl halides is 3. The summed E-state index contributed by atoms with van der Waals surface area (Å²) in [5.41, 5.74) is 0.0394. The summed E-state index contributed by atoms with van der Waals surface area (Å²) in [7, 11) is 1.69. The van der Waals surface area contributed by atoms with Gasteiger partial charge in [-0.25, -0.2) is 0 Å². The van der Waals surface area contributed by atoms with Crippen LogP contribution in [0.25, 0.3) is 0 Å². The van der Waals surface area contributed by atoms with Gasteiger partial charge in [0.1, 0.15) is 0 Å². The van der Waals surface area contributed by atoms with Gasteiger partial charge in [0.2, 0.25) is 5.91 Å². The Bertz CT molecular complexity index is 494. The Labute approximate surface area is 128 Å². The number of rotatable bonds is 3. The third kappa shape index (κ3) is 5.89. The van der Waals surface area contributed by atoms with E-state index < -0.39 is 11.7 Å². The Morgan fingerprint density at radius 3 is 2.50 bits per heavy atom. The molecule has 0 radical (unpaired) electrons. The fourth-order valence-corrected chi connectivity index (χ4v) is 2.13. The highest BCUT2D eigenvalue weighted by Crippen LogP contribution is 2.29. The highest BCUT2D eigenvalue weighted by molar-refractivity contribution is 5.87. The van der Waals surface area contributed by atoms with Gasteiger partial charge in [-0.05, 0) is 37.6 Å². The van der Waals surface area contributed by atoms with E-state index in [-0.39, 0.29) is 5.91 Å². The first kappa shape index (κ1) is 18.2. The summed E-state index contributed by atoms with van der Waals surface area (Å²) in [6.45, 7) is 5.71. The van der Waals surface area contributed by atoms with Crippen molar-refractivity contribution in [1.82, 2.24) is 10.2 Å². The lowest BCUT2D eigenvalue weighted by molar-refractivity contribution is -0.137. The first-order valence-electron chi connectivity index (χ1n) is 7.10. The van der Waals surface area contributed by atoms with Gasteiger partial charge in [-0.15, -0.1) is 0 Å². The van der Waals surface area contributed by atoms with E-state index in [2.05, 4.69) is 11.9 Å². The Morgan fingerprint density at radius 2 is 2.00 bits per heavy atom. The number of likely N-dealkylation sites (tertiary alicyclic amines) is 1. The molecule has 1 aliphatic rings. The van der Waals surface area contributed by atoms with Crippen molar-refractivity contribution in [2.24, 2.45) is 0 Å². The van der Waals surface area contributed by atoms with Gasteiger partial charge < -0.3 is 10.2 Å². The monoisotopic (exact) mass is 314 g/mol. The molecular formula is C16H21F3N2O. The Morgan fingerprint density at radius 1 is 1.36 bits per heavy atom. The molecule has 1 aliphatic heterocycles. The maximum atomic E-state index is 12.2. The molecule has 22 heavy (non-hydrogen) atoms. The molecule has 1 aromatic carbocycles. The van der Waals surface area contributed by atoms with Gasteiger partial charge in [-0.1, -0.05) is 24.8 Å². The molecule has 3 nitrogen and oxygen atoms in total. The van der Waals surface area contributed by atoms with E-state index in [9.17, 15) is 18.0 Å². The standard InChI is InChI=1S/C9H10F3N.C7H11NO/c1-13-6-7-3-2-4-8(5-7)9(10,11)12;1-2-7(9)8-5-3-4-6-8/h2-5,13H,6H2,1H3;2H,1,3-6H2. The summed E-state index contributed by atoms with van der Waals surface area (Å²) in [5.74, 6) is 0.0764. The van der Waals surface area contributed by atoms with Crippen molar-refractivity contribution in [3.63, 3.8) is 0 Å². The van der Waals surface area contributed by atoms with Gasteiger partial charge in [0, 0.05) is 19.6 Å². The second kappa shape index (κ2) is 8.58. The average molecular weight is 314 g/mol. The lowest BCUT2D eigenvalue weighted by atomic mass is 10.1. The van der Waals surface area contributed by atoms with Crippen LogP contribution in [0.5, 0.6) is 0 Å². The van der Waals surface area contributed by atoms with Gasteiger partial charge in [-0.2, -0.15) is 13.2 Å². The van der Waals surface area contributed by atoms with Crippen molar-refractivity contribution in [2.45, 2.75) is 25.6 Å². The molecule has 0 bridgehead atoms. The van der Waals surface area contributed by atoms with E-state index in [1.54, 1.807) is 13.1 Å². The van der Waals surface area contributed by atoms with Crippen molar-refractivity contribution >= 4 is 5.91 Å². The van der Waals surface area contributed by atoms with Crippen LogP contribution in [0.3, 0.4) is 0 Å². The molecule has 0 aromatic heterocycles. The van der Waals surface area contributed by atoms with Crippen LogP contribution in [-0.4, -0.2) is 30.9 Å². The third-order valence-corrected chi connectivity index (χ3v) is 3.23. The first-order chi connectivity index (χ1) is 10.4. The summed E-state index contributed by atoms with van der Waals surface area (Å²) < 4.78 is 36.6. The summed E-state index contributed by atoms with van der Waals surface area (Å²) in [5, 5.41) is 2.80. The van der Waals surface area contributed by atoms with E-state index in [1.807, 2.05) is 4.90 Å². The summed E-state index contributed by atoms with van der Waals surface area (Å²) in [6.07, 6.45) is -0.561. The van der Waals surface area contributed by atoms with Crippen LogP contribution in [0, 0.1) is 0 Å². The quantitative estimate of drug-likeness (QED) is 0.869. The topological polar surface area (TPSA) is 32.3 Å². The van der Waals surface area contributed by atoms with E-state index in [1.165, 1.54) is 12.1 Å². The Kier molecular flexibility index (Phi) is 7.11. The number of hydrogen-bond acceptors (Lipinski definition) is 2. The minimum absolute atomic E-state index is 0.0764. The van der Waals surface area contributed by atoms with Crippen LogP contribution in [0.15, 0.2) is 36.9 Å². The van der Waals surface area contributed by atoms with Gasteiger partial charge in [0.25, 0.3) is 0 Å². The fraction of sp³-hybridized carbons (Fsp3) is 0.438. The van der Waals surface area contributed by atoms with Gasteiger partial charge in [0.05, 0.1) is 5.56 Å². The number of carbonyl (C=O) groups is 1. The Hall–Kier alpha value is -1.82. The molecule has 0 saturated carbocycles. The van der Waals surface area contributed by atoms with Crippen LogP contribution in [0.4, 0.5) is 13.2 Å². The minimum atomic E-state index is -4.25. The summed E-state index contributed by atoms with van der Waals surface area (Å²) in [6, 6.07) is 5.29. The van der Waals surface area contributed by atoms with Crippen molar-refractivity contribution in [3.05, 3.63) is 48.0 Å². The normalized spacial score (nSPS) is 14.3. The molecule has 1 saturated heterocycles. The molecule has 1 heterocycles.